The summed E-state index contributed by atoms with van der Waals surface area (Å²) in [6.45, 7) is 5.16. The van der Waals surface area contributed by atoms with Gasteiger partial charge in [0, 0.05) is 18.8 Å². The van der Waals surface area contributed by atoms with Gasteiger partial charge in [0.15, 0.2) is 11.5 Å². The summed E-state index contributed by atoms with van der Waals surface area (Å²) >= 11 is 0. The van der Waals surface area contributed by atoms with Gasteiger partial charge >= 0.3 is 0 Å². The van der Waals surface area contributed by atoms with Crippen LogP contribution in [0.25, 0.3) is 0 Å². The van der Waals surface area contributed by atoms with Crippen LogP contribution in [0.1, 0.15) is 28.5 Å². The molecule has 1 aromatic heterocycles. The molecule has 0 atom stereocenters. The van der Waals surface area contributed by atoms with E-state index < -0.39 is 0 Å². The summed E-state index contributed by atoms with van der Waals surface area (Å²) in [5.41, 5.74) is 3.54. The number of carbonyl (C=O) groups is 1. The molecule has 0 radical (unpaired) electrons. The van der Waals surface area contributed by atoms with E-state index in [9.17, 15) is 4.79 Å². The van der Waals surface area contributed by atoms with Gasteiger partial charge in [0.25, 0.3) is 5.91 Å². The van der Waals surface area contributed by atoms with Crippen LogP contribution in [0, 0.1) is 6.92 Å². The minimum Gasteiger partial charge on any atom is -0.339 e. The molecule has 0 aliphatic rings. The average Bonchev–Trinajstić information content (AvgIpc) is 2.67. The lowest BCUT2D eigenvalue weighted by Crippen LogP contribution is -2.31. The van der Waals surface area contributed by atoms with E-state index in [1.165, 1.54) is 0 Å². The number of aromatic nitrogens is 2. The molecule has 3 rings (SSSR count). The zero-order chi connectivity index (χ0) is 18.4. The number of carbonyl (C=O) groups excluding carboxylic acids is 1. The molecule has 0 unspecified atom stereocenters. The molecule has 0 bridgehead atoms. The third kappa shape index (κ3) is 4.45. The Morgan fingerprint density at radius 2 is 1.81 bits per heavy atom. The molecule has 0 spiro atoms. The Morgan fingerprint density at radius 1 is 1.00 bits per heavy atom. The summed E-state index contributed by atoms with van der Waals surface area (Å²) in [5.74, 6) is 0.490. The van der Waals surface area contributed by atoms with Gasteiger partial charge in [-0.1, -0.05) is 42.5 Å². The zero-order valence-corrected chi connectivity index (χ0v) is 15.0. The van der Waals surface area contributed by atoms with Gasteiger partial charge in [0.2, 0.25) is 0 Å². The Labute approximate surface area is 153 Å². The van der Waals surface area contributed by atoms with Crippen molar-refractivity contribution < 1.29 is 4.79 Å². The molecular weight excluding hydrogens is 324 g/mol. The number of nitrogens with zero attached hydrogens (tertiary/aromatic N) is 3. The second-order valence-corrected chi connectivity index (χ2v) is 6.10. The molecule has 1 amide bonds. The van der Waals surface area contributed by atoms with E-state index in [0.717, 1.165) is 16.8 Å². The van der Waals surface area contributed by atoms with Crippen LogP contribution >= 0.6 is 0 Å². The molecule has 0 aliphatic carbocycles. The fourth-order valence-electron chi connectivity index (χ4n) is 2.68. The second-order valence-electron chi connectivity index (χ2n) is 6.10. The molecular formula is C21H22N4O. The van der Waals surface area contributed by atoms with Crippen LogP contribution in [0.5, 0.6) is 0 Å². The molecule has 5 heteroatoms. The monoisotopic (exact) mass is 346 g/mol. The molecule has 26 heavy (non-hydrogen) atoms. The Morgan fingerprint density at radius 3 is 2.46 bits per heavy atom. The summed E-state index contributed by atoms with van der Waals surface area (Å²) < 4.78 is 0. The molecule has 0 saturated heterocycles. The molecule has 1 heterocycles. The molecule has 3 aromatic rings. The van der Waals surface area contributed by atoms with Crippen molar-refractivity contribution in [2.75, 3.05) is 11.9 Å². The number of nitrogens with one attached hydrogen (secondary N) is 1. The van der Waals surface area contributed by atoms with Crippen molar-refractivity contribution in [1.82, 2.24) is 15.1 Å². The van der Waals surface area contributed by atoms with Gasteiger partial charge in [0.1, 0.15) is 0 Å². The molecule has 132 valence electrons. The summed E-state index contributed by atoms with van der Waals surface area (Å²) in [5, 5.41) is 11.4. The third-order valence-corrected chi connectivity index (χ3v) is 4.06. The SMILES string of the molecule is CCN(Cc1ccccc1)C(=O)c1ccc(Nc2cccc(C)c2)nn1. The first kappa shape index (κ1) is 17.6. The first-order valence-corrected chi connectivity index (χ1v) is 8.66. The van der Waals surface area contributed by atoms with Crippen molar-refractivity contribution in [3.05, 3.63) is 83.6 Å². The Kier molecular flexibility index (Phi) is 5.59. The van der Waals surface area contributed by atoms with Crippen molar-refractivity contribution in [2.24, 2.45) is 0 Å². The van der Waals surface area contributed by atoms with Crippen LogP contribution < -0.4 is 5.32 Å². The Bertz CT molecular complexity index is 863. The number of aryl methyl sites for hydroxylation is 1. The first-order valence-electron chi connectivity index (χ1n) is 8.66. The topological polar surface area (TPSA) is 58.1 Å². The molecule has 1 N–H and O–H groups in total. The van der Waals surface area contributed by atoms with Crippen LogP contribution in [-0.2, 0) is 6.54 Å². The summed E-state index contributed by atoms with van der Waals surface area (Å²) in [6, 6.07) is 21.4. The lowest BCUT2D eigenvalue weighted by Gasteiger charge is -2.20. The summed E-state index contributed by atoms with van der Waals surface area (Å²) in [4.78, 5) is 14.5. The van der Waals surface area contributed by atoms with E-state index in [4.69, 9.17) is 0 Å². The highest BCUT2D eigenvalue weighted by atomic mass is 16.2. The number of hydrogen-bond donors (Lipinski definition) is 1. The number of anilines is 2. The van der Waals surface area contributed by atoms with E-state index in [2.05, 4.69) is 15.5 Å². The van der Waals surface area contributed by atoms with Gasteiger partial charge in [-0.3, -0.25) is 4.79 Å². The van der Waals surface area contributed by atoms with E-state index in [-0.39, 0.29) is 5.91 Å². The van der Waals surface area contributed by atoms with E-state index in [1.807, 2.05) is 68.4 Å². The van der Waals surface area contributed by atoms with Crippen LogP contribution in [0.15, 0.2) is 66.7 Å². The van der Waals surface area contributed by atoms with Crippen LogP contribution in [0.2, 0.25) is 0 Å². The standard InChI is InChI=1S/C21H22N4O/c1-3-25(15-17-9-5-4-6-10-17)21(26)19-12-13-20(24-23-19)22-18-11-7-8-16(2)14-18/h4-14H,3,15H2,1-2H3,(H,22,24). The van der Waals surface area contributed by atoms with Crippen molar-refractivity contribution in [3.8, 4) is 0 Å². The van der Waals surface area contributed by atoms with Crippen LogP contribution in [-0.4, -0.2) is 27.5 Å². The molecule has 5 nitrogen and oxygen atoms in total. The van der Waals surface area contributed by atoms with Crippen molar-refractivity contribution in [3.63, 3.8) is 0 Å². The van der Waals surface area contributed by atoms with E-state index >= 15 is 0 Å². The normalized spacial score (nSPS) is 10.4. The van der Waals surface area contributed by atoms with E-state index in [1.54, 1.807) is 17.0 Å². The number of rotatable bonds is 6. The van der Waals surface area contributed by atoms with Crippen molar-refractivity contribution >= 4 is 17.4 Å². The minimum atomic E-state index is -0.119. The van der Waals surface area contributed by atoms with Crippen LogP contribution in [0.4, 0.5) is 11.5 Å². The van der Waals surface area contributed by atoms with Gasteiger partial charge < -0.3 is 10.2 Å². The Hall–Kier alpha value is -3.21. The van der Waals surface area contributed by atoms with Crippen molar-refractivity contribution in [2.45, 2.75) is 20.4 Å². The average molecular weight is 346 g/mol. The van der Waals surface area contributed by atoms with Gasteiger partial charge in [-0.25, -0.2) is 0 Å². The highest BCUT2D eigenvalue weighted by Crippen LogP contribution is 2.16. The lowest BCUT2D eigenvalue weighted by molar-refractivity contribution is 0.0745. The molecule has 0 aliphatic heterocycles. The van der Waals surface area contributed by atoms with Gasteiger partial charge in [-0.05, 0) is 49.2 Å². The number of benzene rings is 2. The maximum atomic E-state index is 12.7. The van der Waals surface area contributed by atoms with Gasteiger partial charge in [-0.2, -0.15) is 0 Å². The smallest absolute Gasteiger partial charge is 0.274 e. The predicted molar refractivity (Wildman–Crippen MR) is 103 cm³/mol. The highest BCUT2D eigenvalue weighted by Gasteiger charge is 2.16. The fraction of sp³-hybridized carbons (Fsp3) is 0.190. The quantitative estimate of drug-likeness (QED) is 0.727. The maximum Gasteiger partial charge on any atom is 0.274 e. The minimum absolute atomic E-state index is 0.119. The largest absolute Gasteiger partial charge is 0.339 e. The number of hydrogen-bond acceptors (Lipinski definition) is 4. The van der Waals surface area contributed by atoms with Gasteiger partial charge in [0.05, 0.1) is 0 Å². The summed E-state index contributed by atoms with van der Waals surface area (Å²) in [6.07, 6.45) is 0. The number of amides is 1. The van der Waals surface area contributed by atoms with Crippen molar-refractivity contribution in [1.29, 1.82) is 0 Å². The maximum absolute atomic E-state index is 12.7. The zero-order valence-electron chi connectivity index (χ0n) is 15.0. The van der Waals surface area contributed by atoms with Gasteiger partial charge in [-0.15, -0.1) is 10.2 Å². The Balaban J connectivity index is 1.69. The fourth-order valence-corrected chi connectivity index (χ4v) is 2.68. The van der Waals surface area contributed by atoms with E-state index in [0.29, 0.717) is 24.6 Å². The predicted octanol–water partition coefficient (Wildman–Crippen LogP) is 4.19. The highest BCUT2D eigenvalue weighted by molar-refractivity contribution is 5.92. The van der Waals surface area contributed by atoms with Crippen LogP contribution in [0.3, 0.4) is 0 Å². The molecule has 0 saturated carbocycles. The summed E-state index contributed by atoms with van der Waals surface area (Å²) in [7, 11) is 0. The second kappa shape index (κ2) is 8.25. The molecule has 2 aromatic carbocycles. The molecule has 0 fully saturated rings. The first-order chi connectivity index (χ1) is 12.7. The third-order valence-electron chi connectivity index (χ3n) is 4.06. The lowest BCUT2D eigenvalue weighted by atomic mass is 10.2.